The van der Waals surface area contributed by atoms with Crippen LogP contribution in [0.4, 0.5) is 10.5 Å². The van der Waals surface area contributed by atoms with Crippen LogP contribution in [-0.2, 0) is 16.6 Å². The zero-order valence-electron chi connectivity index (χ0n) is 24.2. The van der Waals surface area contributed by atoms with E-state index in [1.165, 1.54) is 24.8 Å². The lowest BCUT2D eigenvalue weighted by Gasteiger charge is -2.38. The van der Waals surface area contributed by atoms with E-state index in [2.05, 4.69) is 45.8 Å². The number of sulfonamides is 1. The lowest BCUT2D eigenvalue weighted by molar-refractivity contribution is 0.116. The highest BCUT2D eigenvalue weighted by molar-refractivity contribution is 7.92. The summed E-state index contributed by atoms with van der Waals surface area (Å²) < 4.78 is 31.1. The first-order valence-electron chi connectivity index (χ1n) is 14.4. The Hall–Kier alpha value is -2.49. The summed E-state index contributed by atoms with van der Waals surface area (Å²) in [6.07, 6.45) is 9.91. The number of amides is 2. The average Bonchev–Trinajstić information content (AvgIpc) is 2.91. The molecule has 2 N–H and O–H groups in total. The van der Waals surface area contributed by atoms with Crippen LogP contribution in [0.15, 0.2) is 48.5 Å². The number of rotatable bonds is 15. The van der Waals surface area contributed by atoms with Crippen LogP contribution >= 0.6 is 12.4 Å². The van der Waals surface area contributed by atoms with Crippen LogP contribution in [-0.4, -0.2) is 62.7 Å². The first-order chi connectivity index (χ1) is 18.8. The summed E-state index contributed by atoms with van der Waals surface area (Å²) in [5.74, 6) is 1.37. The molecule has 0 atom stereocenters. The number of likely N-dealkylation sites (tertiary alicyclic amines) is 1. The van der Waals surface area contributed by atoms with Gasteiger partial charge in [-0.2, -0.15) is 0 Å². The molecule has 40 heavy (non-hydrogen) atoms. The fourth-order valence-electron chi connectivity index (χ4n) is 4.88. The highest BCUT2D eigenvalue weighted by Crippen LogP contribution is 2.25. The Morgan fingerprint density at radius 2 is 1.52 bits per heavy atom. The third-order valence-electron chi connectivity index (χ3n) is 7.04. The van der Waals surface area contributed by atoms with E-state index >= 15 is 0 Å². The van der Waals surface area contributed by atoms with Crippen LogP contribution in [0, 0.1) is 0 Å². The van der Waals surface area contributed by atoms with Gasteiger partial charge < -0.3 is 15.0 Å². The summed E-state index contributed by atoms with van der Waals surface area (Å²) in [7, 11) is -3.30. The number of urea groups is 1. The Kier molecular flexibility index (Phi) is 14.6. The van der Waals surface area contributed by atoms with E-state index in [9.17, 15) is 13.2 Å². The minimum Gasteiger partial charge on any atom is -0.457 e. The summed E-state index contributed by atoms with van der Waals surface area (Å²) in [6, 6.07) is 15.3. The molecule has 1 saturated heterocycles. The van der Waals surface area contributed by atoms with E-state index in [0.717, 1.165) is 76.8 Å². The third kappa shape index (κ3) is 11.9. The molecule has 0 bridgehead atoms. The van der Waals surface area contributed by atoms with E-state index < -0.39 is 10.0 Å². The minimum absolute atomic E-state index is 0. The van der Waals surface area contributed by atoms with Gasteiger partial charge in [-0.15, -0.1) is 12.4 Å². The SMILES string of the molecule is CCCCCCNC(=O)N(CCCC)C1CCN(Cc2ccc(Oc3ccc(NS(C)(=O)=O)cc3)cc2)CC1.Cl. The van der Waals surface area contributed by atoms with Gasteiger partial charge >= 0.3 is 6.03 Å². The third-order valence-corrected chi connectivity index (χ3v) is 7.65. The predicted molar refractivity (Wildman–Crippen MR) is 166 cm³/mol. The second-order valence-corrected chi connectivity index (χ2v) is 12.2. The maximum Gasteiger partial charge on any atom is 0.317 e. The molecule has 10 heteroatoms. The number of ether oxygens (including phenoxy) is 1. The number of halogens is 1. The summed E-state index contributed by atoms with van der Waals surface area (Å²) in [4.78, 5) is 17.5. The quantitative estimate of drug-likeness (QED) is 0.226. The summed E-state index contributed by atoms with van der Waals surface area (Å²) in [6.45, 7) is 8.80. The number of nitrogens with one attached hydrogen (secondary N) is 2. The van der Waals surface area contributed by atoms with Gasteiger partial charge in [-0.05, 0) is 67.6 Å². The highest BCUT2D eigenvalue weighted by atomic mass is 35.5. The van der Waals surface area contributed by atoms with Crippen molar-refractivity contribution >= 4 is 34.1 Å². The molecule has 0 aliphatic carbocycles. The second-order valence-electron chi connectivity index (χ2n) is 10.5. The lowest BCUT2D eigenvalue weighted by Crippen LogP contribution is -2.51. The second kappa shape index (κ2) is 17.4. The van der Waals surface area contributed by atoms with Crippen molar-refractivity contribution in [3.63, 3.8) is 0 Å². The van der Waals surface area contributed by atoms with Crippen LogP contribution in [0.25, 0.3) is 0 Å². The molecule has 2 amide bonds. The molecule has 3 rings (SSSR count). The molecule has 0 spiro atoms. The minimum atomic E-state index is -3.30. The monoisotopic (exact) mass is 594 g/mol. The van der Waals surface area contributed by atoms with Gasteiger partial charge in [0.15, 0.2) is 0 Å². The summed E-state index contributed by atoms with van der Waals surface area (Å²) in [5.41, 5.74) is 1.72. The molecule has 1 aliphatic rings. The molecule has 1 heterocycles. The molecular weight excluding hydrogens is 548 g/mol. The molecule has 1 fully saturated rings. The number of hydrogen-bond donors (Lipinski definition) is 2. The maximum absolute atomic E-state index is 13.0. The predicted octanol–water partition coefficient (Wildman–Crippen LogP) is 6.63. The van der Waals surface area contributed by atoms with Crippen molar-refractivity contribution in [3.05, 3.63) is 54.1 Å². The van der Waals surface area contributed by atoms with Crippen molar-refractivity contribution in [3.8, 4) is 11.5 Å². The van der Waals surface area contributed by atoms with E-state index in [-0.39, 0.29) is 18.4 Å². The van der Waals surface area contributed by atoms with Crippen LogP contribution in [0.3, 0.4) is 0 Å². The van der Waals surface area contributed by atoms with Crippen molar-refractivity contribution in [1.82, 2.24) is 15.1 Å². The van der Waals surface area contributed by atoms with Crippen LogP contribution in [0.2, 0.25) is 0 Å². The highest BCUT2D eigenvalue weighted by Gasteiger charge is 2.27. The van der Waals surface area contributed by atoms with Crippen LogP contribution < -0.4 is 14.8 Å². The number of piperidine rings is 1. The average molecular weight is 595 g/mol. The van der Waals surface area contributed by atoms with Crippen molar-refractivity contribution < 1.29 is 17.9 Å². The molecule has 2 aromatic rings. The van der Waals surface area contributed by atoms with E-state index in [1.54, 1.807) is 24.3 Å². The molecule has 2 aromatic carbocycles. The van der Waals surface area contributed by atoms with Gasteiger partial charge in [0.25, 0.3) is 0 Å². The van der Waals surface area contributed by atoms with Gasteiger partial charge in [0, 0.05) is 44.5 Å². The fourth-order valence-corrected chi connectivity index (χ4v) is 5.44. The van der Waals surface area contributed by atoms with Crippen molar-refractivity contribution in [2.24, 2.45) is 0 Å². The Morgan fingerprint density at radius 1 is 0.925 bits per heavy atom. The smallest absolute Gasteiger partial charge is 0.317 e. The Labute approximate surface area is 247 Å². The van der Waals surface area contributed by atoms with Gasteiger partial charge in [-0.25, -0.2) is 13.2 Å². The van der Waals surface area contributed by atoms with Crippen molar-refractivity contribution in [2.45, 2.75) is 77.8 Å². The number of hydrogen-bond acceptors (Lipinski definition) is 5. The molecule has 0 unspecified atom stereocenters. The molecule has 0 saturated carbocycles. The Morgan fingerprint density at radius 3 is 2.10 bits per heavy atom. The van der Waals surface area contributed by atoms with E-state index in [4.69, 9.17) is 4.74 Å². The molecule has 1 aliphatic heterocycles. The molecule has 8 nitrogen and oxygen atoms in total. The topological polar surface area (TPSA) is 91.0 Å². The number of unbranched alkanes of at least 4 members (excludes halogenated alkanes) is 4. The largest absolute Gasteiger partial charge is 0.457 e. The Balaban J connectivity index is 0.00000560. The molecule has 0 radical (unpaired) electrons. The van der Waals surface area contributed by atoms with Gasteiger partial charge in [0.1, 0.15) is 11.5 Å². The van der Waals surface area contributed by atoms with Crippen molar-refractivity contribution in [2.75, 3.05) is 37.2 Å². The standard InChI is InChI=1S/C30H46N4O4S.ClH/c1-4-6-8-9-20-31-30(35)34(21-7-5-2)27-18-22-33(23-19-27)24-25-10-14-28(15-11-25)38-29-16-12-26(13-17-29)32-39(3,36)37;/h10-17,27,32H,4-9,18-24H2,1-3H3,(H,31,35);1H. The number of benzene rings is 2. The van der Waals surface area contributed by atoms with Gasteiger partial charge in [-0.3, -0.25) is 9.62 Å². The molecule has 0 aromatic heterocycles. The zero-order chi connectivity index (χ0) is 28.1. The van der Waals surface area contributed by atoms with Crippen LogP contribution in [0.5, 0.6) is 11.5 Å². The van der Waals surface area contributed by atoms with Gasteiger partial charge in [0.2, 0.25) is 10.0 Å². The fraction of sp³-hybridized carbons (Fsp3) is 0.567. The number of carbonyl (C=O) groups is 1. The van der Waals surface area contributed by atoms with Gasteiger partial charge in [-0.1, -0.05) is 51.7 Å². The van der Waals surface area contributed by atoms with E-state index in [1.807, 2.05) is 12.1 Å². The zero-order valence-corrected chi connectivity index (χ0v) is 25.9. The molecular formula is C30H47ClN4O4S. The van der Waals surface area contributed by atoms with Crippen LogP contribution in [0.1, 0.15) is 70.8 Å². The van der Waals surface area contributed by atoms with Gasteiger partial charge in [0.05, 0.1) is 6.26 Å². The summed E-state index contributed by atoms with van der Waals surface area (Å²) >= 11 is 0. The first kappa shape index (κ1) is 33.7. The lowest BCUT2D eigenvalue weighted by atomic mass is 10.0. The first-order valence-corrected chi connectivity index (χ1v) is 16.3. The summed E-state index contributed by atoms with van der Waals surface area (Å²) in [5, 5.41) is 3.17. The number of anilines is 1. The van der Waals surface area contributed by atoms with Crippen molar-refractivity contribution in [1.29, 1.82) is 0 Å². The van der Waals surface area contributed by atoms with E-state index in [0.29, 0.717) is 17.5 Å². The number of nitrogens with zero attached hydrogens (tertiary/aromatic N) is 2. The Bertz CT molecular complexity index is 1110. The maximum atomic E-state index is 13.0. The number of carbonyl (C=O) groups excluding carboxylic acids is 1. The molecule has 224 valence electrons. The normalized spacial score (nSPS) is 14.3.